The van der Waals surface area contributed by atoms with Crippen LogP contribution in [0.3, 0.4) is 0 Å². The predicted octanol–water partition coefficient (Wildman–Crippen LogP) is 1.86. The molecule has 0 aromatic carbocycles. The van der Waals surface area contributed by atoms with Gasteiger partial charge in [-0.15, -0.1) is 0 Å². The SMILES string of the molecule is COC(=O)C1=C(C(=O)NC2CCCCC2)C2CCC1(C)O2. The number of esters is 1. The maximum atomic E-state index is 12.6. The Morgan fingerprint density at radius 3 is 2.62 bits per heavy atom. The third-order valence-corrected chi connectivity index (χ3v) is 4.98. The van der Waals surface area contributed by atoms with Gasteiger partial charge < -0.3 is 14.8 Å². The second-order valence-corrected chi connectivity index (χ2v) is 6.46. The summed E-state index contributed by atoms with van der Waals surface area (Å²) in [5.74, 6) is -0.579. The Labute approximate surface area is 125 Å². The molecule has 2 atom stereocenters. The number of carbonyl (C=O) groups excluding carboxylic acids is 2. The highest BCUT2D eigenvalue weighted by Crippen LogP contribution is 2.47. The number of methoxy groups -OCH3 is 1. The van der Waals surface area contributed by atoms with Gasteiger partial charge in [-0.3, -0.25) is 4.79 Å². The van der Waals surface area contributed by atoms with Gasteiger partial charge in [0, 0.05) is 6.04 Å². The number of amides is 1. The van der Waals surface area contributed by atoms with E-state index in [1.807, 2.05) is 6.92 Å². The summed E-state index contributed by atoms with van der Waals surface area (Å²) in [4.78, 5) is 24.7. The number of ether oxygens (including phenoxy) is 2. The van der Waals surface area contributed by atoms with E-state index in [2.05, 4.69) is 5.32 Å². The number of carbonyl (C=O) groups is 2. The average molecular weight is 293 g/mol. The van der Waals surface area contributed by atoms with Crippen molar-refractivity contribution in [1.29, 1.82) is 0 Å². The molecule has 3 rings (SSSR count). The van der Waals surface area contributed by atoms with Gasteiger partial charge in [0.1, 0.15) is 0 Å². The summed E-state index contributed by atoms with van der Waals surface area (Å²) in [6, 6.07) is 0.226. The Kier molecular flexibility index (Phi) is 3.78. The molecule has 1 amide bonds. The second kappa shape index (κ2) is 5.44. The van der Waals surface area contributed by atoms with Crippen molar-refractivity contribution in [2.45, 2.75) is 69.6 Å². The highest BCUT2D eigenvalue weighted by Gasteiger charge is 2.54. The Morgan fingerprint density at radius 1 is 1.24 bits per heavy atom. The van der Waals surface area contributed by atoms with E-state index in [1.165, 1.54) is 13.5 Å². The normalized spacial score (nSPS) is 32.4. The summed E-state index contributed by atoms with van der Waals surface area (Å²) in [5, 5.41) is 3.09. The highest BCUT2D eigenvalue weighted by atomic mass is 16.5. The van der Waals surface area contributed by atoms with E-state index in [4.69, 9.17) is 9.47 Å². The monoisotopic (exact) mass is 293 g/mol. The summed E-state index contributed by atoms with van der Waals surface area (Å²) in [5.41, 5.74) is 0.271. The molecular weight excluding hydrogens is 270 g/mol. The molecule has 1 N–H and O–H groups in total. The van der Waals surface area contributed by atoms with Crippen LogP contribution >= 0.6 is 0 Å². The van der Waals surface area contributed by atoms with Gasteiger partial charge in [-0.25, -0.2) is 4.79 Å². The summed E-state index contributed by atoms with van der Waals surface area (Å²) < 4.78 is 10.7. The molecule has 0 aromatic rings. The lowest BCUT2D eigenvalue weighted by atomic mass is 9.82. The van der Waals surface area contributed by atoms with E-state index >= 15 is 0 Å². The molecule has 5 nitrogen and oxygen atoms in total. The van der Waals surface area contributed by atoms with Crippen LogP contribution in [0, 0.1) is 0 Å². The van der Waals surface area contributed by atoms with Gasteiger partial charge in [-0.2, -0.15) is 0 Å². The van der Waals surface area contributed by atoms with E-state index < -0.39 is 11.6 Å². The summed E-state index contributed by atoms with van der Waals surface area (Å²) in [6.07, 6.45) is 6.91. The van der Waals surface area contributed by atoms with Gasteiger partial charge in [-0.1, -0.05) is 19.3 Å². The molecule has 2 heterocycles. The number of nitrogens with one attached hydrogen (secondary N) is 1. The number of fused-ring (bicyclic) bond motifs is 2. The summed E-state index contributed by atoms with van der Waals surface area (Å²) in [6.45, 7) is 1.88. The van der Waals surface area contributed by atoms with E-state index in [0.29, 0.717) is 11.1 Å². The number of hydrogen-bond donors (Lipinski definition) is 1. The van der Waals surface area contributed by atoms with Crippen LogP contribution in [0.5, 0.6) is 0 Å². The first kappa shape index (κ1) is 14.6. The van der Waals surface area contributed by atoms with Crippen molar-refractivity contribution < 1.29 is 19.1 Å². The third kappa shape index (κ3) is 2.48. The van der Waals surface area contributed by atoms with E-state index in [9.17, 15) is 9.59 Å². The van der Waals surface area contributed by atoms with Crippen molar-refractivity contribution in [3.63, 3.8) is 0 Å². The van der Waals surface area contributed by atoms with Crippen LogP contribution in [0.15, 0.2) is 11.1 Å². The topological polar surface area (TPSA) is 64.6 Å². The van der Waals surface area contributed by atoms with Gasteiger partial charge in [-0.05, 0) is 32.6 Å². The van der Waals surface area contributed by atoms with Crippen LogP contribution in [0.2, 0.25) is 0 Å². The molecule has 0 spiro atoms. The van der Waals surface area contributed by atoms with Crippen molar-refractivity contribution in [2.75, 3.05) is 7.11 Å². The Bertz CT molecular complexity index is 493. The lowest BCUT2D eigenvalue weighted by Crippen LogP contribution is -2.40. The van der Waals surface area contributed by atoms with Crippen molar-refractivity contribution in [1.82, 2.24) is 5.32 Å². The highest BCUT2D eigenvalue weighted by molar-refractivity contribution is 6.06. The first-order valence-corrected chi connectivity index (χ1v) is 7.87. The number of rotatable bonds is 3. The summed E-state index contributed by atoms with van der Waals surface area (Å²) in [7, 11) is 1.35. The summed E-state index contributed by atoms with van der Waals surface area (Å²) >= 11 is 0. The third-order valence-electron chi connectivity index (χ3n) is 4.98. The van der Waals surface area contributed by atoms with E-state index in [-0.39, 0.29) is 18.1 Å². The fraction of sp³-hybridized carbons (Fsp3) is 0.750. The van der Waals surface area contributed by atoms with Gasteiger partial charge in [0.2, 0.25) is 0 Å². The average Bonchev–Trinajstić information content (AvgIpc) is 3.00. The minimum absolute atomic E-state index is 0.143. The molecule has 1 aliphatic carbocycles. The van der Waals surface area contributed by atoms with Gasteiger partial charge in [0.25, 0.3) is 5.91 Å². The second-order valence-electron chi connectivity index (χ2n) is 6.46. The smallest absolute Gasteiger partial charge is 0.337 e. The van der Waals surface area contributed by atoms with Gasteiger partial charge in [0.05, 0.1) is 30.0 Å². The van der Waals surface area contributed by atoms with Crippen LogP contribution in [-0.2, 0) is 19.1 Å². The maximum absolute atomic E-state index is 12.6. The molecule has 1 saturated carbocycles. The van der Waals surface area contributed by atoms with Crippen molar-refractivity contribution >= 4 is 11.9 Å². The van der Waals surface area contributed by atoms with Crippen molar-refractivity contribution in [3.8, 4) is 0 Å². The molecule has 3 aliphatic rings. The van der Waals surface area contributed by atoms with Crippen LogP contribution in [0.1, 0.15) is 51.9 Å². The molecule has 0 radical (unpaired) electrons. The largest absolute Gasteiger partial charge is 0.466 e. The molecule has 2 fully saturated rings. The first-order valence-electron chi connectivity index (χ1n) is 7.87. The van der Waals surface area contributed by atoms with Crippen LogP contribution in [0.25, 0.3) is 0 Å². The molecule has 21 heavy (non-hydrogen) atoms. The molecule has 1 saturated heterocycles. The molecule has 2 bridgehead atoms. The molecule has 5 heteroatoms. The standard InChI is InChI=1S/C16H23NO4/c1-16-9-8-11(21-16)12(13(16)15(19)20-2)14(18)17-10-6-4-3-5-7-10/h10-11H,3-9H2,1-2H3,(H,17,18). The molecule has 2 aliphatic heterocycles. The van der Waals surface area contributed by atoms with Gasteiger partial charge >= 0.3 is 5.97 Å². The van der Waals surface area contributed by atoms with Crippen LogP contribution in [-0.4, -0.2) is 36.7 Å². The van der Waals surface area contributed by atoms with Crippen molar-refractivity contribution in [2.24, 2.45) is 0 Å². The lowest BCUT2D eigenvalue weighted by Gasteiger charge is -2.25. The zero-order valence-electron chi connectivity index (χ0n) is 12.7. The van der Waals surface area contributed by atoms with Crippen LogP contribution in [0.4, 0.5) is 0 Å². The van der Waals surface area contributed by atoms with E-state index in [0.717, 1.165) is 38.5 Å². The van der Waals surface area contributed by atoms with Crippen molar-refractivity contribution in [3.05, 3.63) is 11.1 Å². The Hall–Kier alpha value is -1.36. The van der Waals surface area contributed by atoms with Crippen LogP contribution < -0.4 is 5.32 Å². The maximum Gasteiger partial charge on any atom is 0.337 e. The zero-order chi connectivity index (χ0) is 15.0. The van der Waals surface area contributed by atoms with E-state index in [1.54, 1.807) is 0 Å². The Balaban J connectivity index is 1.83. The molecule has 0 aromatic heterocycles. The number of hydrogen-bond acceptors (Lipinski definition) is 4. The first-order chi connectivity index (χ1) is 10.0. The fourth-order valence-electron chi connectivity index (χ4n) is 3.87. The molecule has 2 unspecified atom stereocenters. The quantitative estimate of drug-likeness (QED) is 0.807. The minimum Gasteiger partial charge on any atom is -0.466 e. The zero-order valence-corrected chi connectivity index (χ0v) is 12.7. The fourth-order valence-corrected chi connectivity index (χ4v) is 3.87. The predicted molar refractivity (Wildman–Crippen MR) is 76.6 cm³/mol. The van der Waals surface area contributed by atoms with Gasteiger partial charge in [0.15, 0.2) is 0 Å². The minimum atomic E-state index is -0.656. The Morgan fingerprint density at radius 2 is 1.95 bits per heavy atom. The lowest BCUT2D eigenvalue weighted by molar-refractivity contribution is -0.138. The molecular formula is C16H23NO4. The molecule has 116 valence electrons.